The maximum absolute atomic E-state index is 5.19. The van der Waals surface area contributed by atoms with Crippen LogP contribution >= 0.6 is 0 Å². The van der Waals surface area contributed by atoms with E-state index in [1.807, 2.05) is 17.8 Å². The number of nitrogens with zero attached hydrogens (tertiary/aromatic N) is 1. The summed E-state index contributed by atoms with van der Waals surface area (Å²) in [6.07, 6.45) is 3.62. The van der Waals surface area contributed by atoms with Gasteiger partial charge in [0.05, 0.1) is 5.92 Å². The summed E-state index contributed by atoms with van der Waals surface area (Å²) in [4.78, 5) is 0. The lowest BCUT2D eigenvalue weighted by Gasteiger charge is -1.91. The number of hydrogen-bond acceptors (Lipinski definition) is 1. The molecule has 0 bridgehead atoms. The maximum atomic E-state index is 5.19. The molecule has 0 aliphatic rings. The van der Waals surface area contributed by atoms with E-state index in [-0.39, 0.29) is 0 Å². The van der Waals surface area contributed by atoms with Crippen LogP contribution in [0.3, 0.4) is 0 Å². The fourth-order valence-corrected chi connectivity index (χ4v) is 0.891. The lowest BCUT2D eigenvalue weighted by atomic mass is 10.2. The lowest BCUT2D eigenvalue weighted by Crippen LogP contribution is -2.30. The Balaban J connectivity index is 2.94. The van der Waals surface area contributed by atoms with Gasteiger partial charge >= 0.3 is 5.89 Å². The highest BCUT2D eigenvalue weighted by Crippen LogP contribution is 2.07. The molecule has 0 N–H and O–H groups in total. The van der Waals surface area contributed by atoms with E-state index in [1.165, 1.54) is 0 Å². The van der Waals surface area contributed by atoms with Crippen LogP contribution in [-0.2, 0) is 7.05 Å². The average molecular weight is 126 g/mol. The quantitative estimate of drug-likeness (QED) is 0.517. The second kappa shape index (κ2) is 2.21. The molecule has 0 aliphatic heterocycles. The topological polar surface area (TPSA) is 17.0 Å². The number of aromatic nitrogens is 1. The molecular formula is C7H12NO+. The van der Waals surface area contributed by atoms with Crippen LogP contribution in [0.5, 0.6) is 0 Å². The van der Waals surface area contributed by atoms with Crippen LogP contribution in [0.25, 0.3) is 0 Å². The second-order valence-electron chi connectivity index (χ2n) is 2.51. The Labute approximate surface area is 55.1 Å². The third kappa shape index (κ3) is 1.12. The van der Waals surface area contributed by atoms with E-state index in [4.69, 9.17) is 4.42 Å². The Morgan fingerprint density at radius 2 is 2.22 bits per heavy atom. The van der Waals surface area contributed by atoms with Gasteiger partial charge in [-0.2, -0.15) is 4.57 Å². The molecule has 0 saturated heterocycles. The molecule has 1 aromatic heterocycles. The van der Waals surface area contributed by atoms with Crippen molar-refractivity contribution in [2.45, 2.75) is 19.8 Å². The zero-order valence-electron chi connectivity index (χ0n) is 6.09. The molecule has 1 heterocycles. The van der Waals surface area contributed by atoms with Crippen LogP contribution < -0.4 is 4.57 Å². The predicted molar refractivity (Wildman–Crippen MR) is 34.0 cm³/mol. The molecule has 0 radical (unpaired) electrons. The van der Waals surface area contributed by atoms with Gasteiger partial charge in [0, 0.05) is 0 Å². The van der Waals surface area contributed by atoms with Gasteiger partial charge < -0.3 is 4.42 Å². The van der Waals surface area contributed by atoms with Gasteiger partial charge in [0.25, 0.3) is 0 Å². The van der Waals surface area contributed by atoms with Crippen molar-refractivity contribution in [1.82, 2.24) is 0 Å². The van der Waals surface area contributed by atoms with Crippen molar-refractivity contribution >= 4 is 0 Å². The summed E-state index contributed by atoms with van der Waals surface area (Å²) in [6.45, 7) is 4.22. The first-order chi connectivity index (χ1) is 4.22. The van der Waals surface area contributed by atoms with Crippen LogP contribution in [0.1, 0.15) is 25.7 Å². The highest BCUT2D eigenvalue weighted by atomic mass is 16.3. The number of oxazole rings is 1. The van der Waals surface area contributed by atoms with Crippen molar-refractivity contribution in [3.63, 3.8) is 0 Å². The van der Waals surface area contributed by atoms with Crippen LogP contribution in [0.2, 0.25) is 0 Å². The summed E-state index contributed by atoms with van der Waals surface area (Å²) in [7, 11) is 1.98. The predicted octanol–water partition coefficient (Wildman–Crippen LogP) is 1.23. The van der Waals surface area contributed by atoms with Crippen molar-refractivity contribution in [3.8, 4) is 0 Å². The highest BCUT2D eigenvalue weighted by Gasteiger charge is 2.13. The van der Waals surface area contributed by atoms with Gasteiger partial charge in [-0.25, -0.2) is 0 Å². The summed E-state index contributed by atoms with van der Waals surface area (Å²) in [6, 6.07) is 0. The van der Waals surface area contributed by atoms with E-state index in [0.717, 1.165) is 5.89 Å². The van der Waals surface area contributed by atoms with Crippen molar-refractivity contribution in [2.75, 3.05) is 0 Å². The van der Waals surface area contributed by atoms with Gasteiger partial charge in [0.15, 0.2) is 6.26 Å². The molecule has 0 amide bonds. The number of rotatable bonds is 1. The standard InChI is InChI=1S/C7H12NO/c1-6(2)7-8(3)4-5-9-7/h4-6H,1-3H3/q+1. The number of aryl methyl sites for hydroxylation is 1. The molecule has 1 aromatic rings. The molecule has 0 aliphatic carbocycles. The van der Waals surface area contributed by atoms with E-state index in [1.54, 1.807) is 6.26 Å². The Kier molecular flexibility index (Phi) is 1.56. The smallest absolute Gasteiger partial charge is 0.349 e. The van der Waals surface area contributed by atoms with Gasteiger partial charge in [0.1, 0.15) is 7.05 Å². The third-order valence-corrected chi connectivity index (χ3v) is 1.31. The summed E-state index contributed by atoms with van der Waals surface area (Å²) in [5, 5.41) is 0. The molecule has 0 unspecified atom stereocenters. The largest absolute Gasteiger partial charge is 0.410 e. The van der Waals surface area contributed by atoms with Crippen molar-refractivity contribution in [3.05, 3.63) is 18.4 Å². The second-order valence-corrected chi connectivity index (χ2v) is 2.51. The average Bonchev–Trinajstić information content (AvgIpc) is 2.13. The fourth-order valence-electron chi connectivity index (χ4n) is 0.891. The van der Waals surface area contributed by atoms with Gasteiger partial charge in [-0.3, -0.25) is 0 Å². The van der Waals surface area contributed by atoms with Gasteiger partial charge in [-0.15, -0.1) is 0 Å². The summed E-state index contributed by atoms with van der Waals surface area (Å²) in [5.41, 5.74) is 0. The maximum Gasteiger partial charge on any atom is 0.349 e. The Morgan fingerprint density at radius 3 is 2.44 bits per heavy atom. The van der Waals surface area contributed by atoms with E-state index in [0.29, 0.717) is 5.92 Å². The monoisotopic (exact) mass is 126 g/mol. The normalized spacial score (nSPS) is 10.7. The van der Waals surface area contributed by atoms with Crippen molar-refractivity contribution < 1.29 is 8.98 Å². The first-order valence-corrected chi connectivity index (χ1v) is 3.15. The molecule has 1 rings (SSSR count). The van der Waals surface area contributed by atoms with Crippen LogP contribution in [0.4, 0.5) is 0 Å². The van der Waals surface area contributed by atoms with Crippen molar-refractivity contribution in [1.29, 1.82) is 0 Å². The minimum absolute atomic E-state index is 0.477. The molecule has 0 fully saturated rings. The molecule has 9 heavy (non-hydrogen) atoms. The Bertz CT molecular complexity index is 191. The van der Waals surface area contributed by atoms with Gasteiger partial charge in [-0.1, -0.05) is 0 Å². The minimum Gasteiger partial charge on any atom is -0.410 e. The summed E-state index contributed by atoms with van der Waals surface area (Å²) in [5.74, 6) is 1.50. The Morgan fingerprint density at radius 1 is 1.56 bits per heavy atom. The summed E-state index contributed by atoms with van der Waals surface area (Å²) >= 11 is 0. The SMILES string of the molecule is CC(C)c1occ[n+]1C. The van der Waals surface area contributed by atoms with Crippen LogP contribution in [0, 0.1) is 0 Å². The third-order valence-electron chi connectivity index (χ3n) is 1.31. The molecular weight excluding hydrogens is 114 g/mol. The van der Waals surface area contributed by atoms with Crippen molar-refractivity contribution in [2.24, 2.45) is 7.05 Å². The molecule has 0 aromatic carbocycles. The molecule has 2 heteroatoms. The number of hydrogen-bond donors (Lipinski definition) is 0. The first-order valence-electron chi connectivity index (χ1n) is 3.15. The summed E-state index contributed by atoms with van der Waals surface area (Å²) < 4.78 is 7.18. The molecule has 0 spiro atoms. The van der Waals surface area contributed by atoms with E-state index in [2.05, 4.69) is 13.8 Å². The van der Waals surface area contributed by atoms with E-state index >= 15 is 0 Å². The van der Waals surface area contributed by atoms with Gasteiger partial charge in [0.2, 0.25) is 6.20 Å². The van der Waals surface area contributed by atoms with Gasteiger partial charge in [-0.05, 0) is 13.8 Å². The van der Waals surface area contributed by atoms with E-state index in [9.17, 15) is 0 Å². The van der Waals surface area contributed by atoms with E-state index < -0.39 is 0 Å². The molecule has 2 nitrogen and oxygen atoms in total. The molecule has 0 atom stereocenters. The zero-order chi connectivity index (χ0) is 6.85. The molecule has 50 valence electrons. The fraction of sp³-hybridized carbons (Fsp3) is 0.571. The lowest BCUT2D eigenvalue weighted by molar-refractivity contribution is -0.683. The first kappa shape index (κ1) is 6.33. The molecule has 0 saturated carbocycles. The highest BCUT2D eigenvalue weighted by molar-refractivity contribution is 4.76. The Hall–Kier alpha value is -0.790. The minimum atomic E-state index is 0.477. The van der Waals surface area contributed by atoms with Crippen LogP contribution in [0.15, 0.2) is 16.9 Å². The van der Waals surface area contributed by atoms with Crippen LogP contribution in [-0.4, -0.2) is 0 Å². The zero-order valence-corrected chi connectivity index (χ0v) is 6.09.